The molecule has 4 rings (SSSR count). The first-order valence-corrected chi connectivity index (χ1v) is 11.9. The highest BCUT2D eigenvalue weighted by Gasteiger charge is 2.29. The summed E-state index contributed by atoms with van der Waals surface area (Å²) in [5.41, 5.74) is 2.81. The summed E-state index contributed by atoms with van der Waals surface area (Å²) in [5, 5.41) is 3.26. The zero-order valence-electron chi connectivity index (χ0n) is 17.3. The molecular weight excluding hydrogens is 448 g/mol. The van der Waals surface area contributed by atoms with Crippen LogP contribution >= 0.6 is 11.6 Å². The van der Waals surface area contributed by atoms with Crippen LogP contribution in [0.25, 0.3) is 0 Å². The molecule has 0 aliphatic carbocycles. The Morgan fingerprint density at radius 3 is 2.44 bits per heavy atom. The minimum Gasteiger partial charge on any atom is -0.322 e. The molecule has 0 saturated heterocycles. The fourth-order valence-electron chi connectivity index (χ4n) is 3.71. The van der Waals surface area contributed by atoms with Crippen molar-refractivity contribution in [3.63, 3.8) is 0 Å². The van der Waals surface area contributed by atoms with Gasteiger partial charge in [0.05, 0.1) is 10.6 Å². The van der Waals surface area contributed by atoms with Gasteiger partial charge in [-0.1, -0.05) is 23.7 Å². The second-order valence-electron chi connectivity index (χ2n) is 7.57. The third kappa shape index (κ3) is 4.40. The molecule has 0 atom stereocenters. The van der Waals surface area contributed by atoms with Gasteiger partial charge in [-0.3, -0.25) is 13.9 Å². The number of carbonyl (C=O) groups excluding carboxylic acids is 2. The second-order valence-corrected chi connectivity index (χ2v) is 9.87. The predicted molar refractivity (Wildman–Crippen MR) is 125 cm³/mol. The monoisotopic (exact) mass is 468 g/mol. The van der Waals surface area contributed by atoms with Crippen molar-refractivity contribution in [2.45, 2.75) is 24.7 Å². The lowest BCUT2D eigenvalue weighted by Gasteiger charge is -2.30. The van der Waals surface area contributed by atoms with Gasteiger partial charge in [0.1, 0.15) is 0 Å². The van der Waals surface area contributed by atoms with Crippen LogP contribution in [-0.4, -0.2) is 26.7 Å². The molecule has 1 heterocycles. The summed E-state index contributed by atoms with van der Waals surface area (Å²) in [6.45, 7) is 1.83. The van der Waals surface area contributed by atoms with Crippen LogP contribution in [0.15, 0.2) is 71.6 Å². The number of amides is 1. The first-order valence-electron chi connectivity index (χ1n) is 10.1. The third-order valence-corrected chi connectivity index (χ3v) is 7.43. The summed E-state index contributed by atoms with van der Waals surface area (Å²) < 4.78 is 27.8. The maximum Gasteiger partial charge on any atom is 0.264 e. The fraction of sp³-hybridized carbons (Fsp3) is 0.167. The number of Topliss-reactive ketones (excluding diaryl/α,β-unsaturated/α-hetero) is 1. The Kier molecular flexibility index (Phi) is 6.04. The van der Waals surface area contributed by atoms with Gasteiger partial charge >= 0.3 is 0 Å². The highest BCUT2D eigenvalue weighted by molar-refractivity contribution is 7.92. The van der Waals surface area contributed by atoms with Crippen LogP contribution in [0.4, 0.5) is 11.4 Å². The minimum absolute atomic E-state index is 0.0862. The van der Waals surface area contributed by atoms with Gasteiger partial charge in [-0.15, -0.1) is 0 Å². The van der Waals surface area contributed by atoms with E-state index in [4.69, 9.17) is 11.6 Å². The molecule has 1 aliphatic heterocycles. The summed E-state index contributed by atoms with van der Waals surface area (Å²) in [7, 11) is -3.74. The molecule has 1 aliphatic rings. The number of fused-ring (bicyclic) bond motifs is 1. The molecule has 1 N–H and O–H groups in total. The zero-order valence-corrected chi connectivity index (χ0v) is 18.9. The number of nitrogens with zero attached hydrogens (tertiary/aromatic N) is 1. The number of hydrogen-bond donors (Lipinski definition) is 1. The van der Waals surface area contributed by atoms with E-state index in [2.05, 4.69) is 5.32 Å². The van der Waals surface area contributed by atoms with E-state index in [-0.39, 0.29) is 16.6 Å². The summed E-state index contributed by atoms with van der Waals surface area (Å²) in [6.07, 6.45) is 1.31. The molecular formula is C24H21ClN2O4S. The SMILES string of the molecule is CC(=O)c1cccc(NC(=O)c2ccc3c(c2)CCCN3S(=O)(=O)c2ccc(Cl)cc2)c1. The minimum atomic E-state index is -3.74. The van der Waals surface area contributed by atoms with Gasteiger partial charge in [0.2, 0.25) is 0 Å². The largest absolute Gasteiger partial charge is 0.322 e. The third-order valence-electron chi connectivity index (χ3n) is 5.35. The molecule has 8 heteroatoms. The number of aryl methyl sites for hydroxylation is 1. The molecule has 0 saturated carbocycles. The van der Waals surface area contributed by atoms with E-state index in [9.17, 15) is 18.0 Å². The molecule has 1 amide bonds. The number of rotatable bonds is 5. The van der Waals surface area contributed by atoms with Crippen molar-refractivity contribution in [2.24, 2.45) is 0 Å². The van der Waals surface area contributed by atoms with E-state index >= 15 is 0 Å². The standard InChI is InChI=1S/C24H21ClN2O4S/c1-16(28)17-4-2-6-21(15-17)26-24(29)19-7-12-23-18(14-19)5-3-13-27(23)32(30,31)22-10-8-20(25)9-11-22/h2,4,6-12,14-15H,3,5,13H2,1H3,(H,26,29). The highest BCUT2D eigenvalue weighted by atomic mass is 35.5. The average Bonchev–Trinajstić information content (AvgIpc) is 2.78. The number of anilines is 2. The zero-order chi connectivity index (χ0) is 22.9. The predicted octanol–water partition coefficient (Wildman–Crippen LogP) is 4.94. The number of halogens is 1. The van der Waals surface area contributed by atoms with E-state index in [1.165, 1.54) is 23.4 Å². The Labute approximate surface area is 191 Å². The van der Waals surface area contributed by atoms with E-state index in [0.29, 0.717) is 46.9 Å². The van der Waals surface area contributed by atoms with Crippen molar-refractivity contribution in [3.8, 4) is 0 Å². The average molecular weight is 469 g/mol. The van der Waals surface area contributed by atoms with Crippen LogP contribution in [0.2, 0.25) is 5.02 Å². The molecule has 164 valence electrons. The van der Waals surface area contributed by atoms with Gasteiger partial charge in [-0.05, 0) is 79.9 Å². The van der Waals surface area contributed by atoms with Crippen LogP contribution < -0.4 is 9.62 Å². The topological polar surface area (TPSA) is 83.6 Å². The normalized spacial score (nSPS) is 13.4. The van der Waals surface area contributed by atoms with Gasteiger partial charge in [0, 0.05) is 28.4 Å². The Balaban J connectivity index is 1.60. The molecule has 0 bridgehead atoms. The molecule has 0 unspecified atom stereocenters. The van der Waals surface area contributed by atoms with Gasteiger partial charge in [0.25, 0.3) is 15.9 Å². The molecule has 0 radical (unpaired) electrons. The van der Waals surface area contributed by atoms with Gasteiger partial charge < -0.3 is 5.32 Å². The van der Waals surface area contributed by atoms with E-state index in [1.54, 1.807) is 54.6 Å². The number of nitrogens with one attached hydrogen (secondary N) is 1. The lowest BCUT2D eigenvalue weighted by atomic mass is 10.0. The van der Waals surface area contributed by atoms with Gasteiger partial charge in [-0.25, -0.2) is 8.42 Å². The van der Waals surface area contributed by atoms with E-state index in [1.807, 2.05) is 0 Å². The van der Waals surface area contributed by atoms with Crippen LogP contribution in [-0.2, 0) is 16.4 Å². The first kappa shape index (κ1) is 22.0. The number of carbonyl (C=O) groups is 2. The van der Waals surface area contributed by atoms with Gasteiger partial charge in [-0.2, -0.15) is 0 Å². The van der Waals surface area contributed by atoms with Crippen molar-refractivity contribution in [3.05, 3.63) is 88.4 Å². The highest BCUT2D eigenvalue weighted by Crippen LogP contribution is 2.33. The maximum atomic E-state index is 13.2. The Morgan fingerprint density at radius 1 is 0.969 bits per heavy atom. The van der Waals surface area contributed by atoms with Gasteiger partial charge in [0.15, 0.2) is 5.78 Å². The van der Waals surface area contributed by atoms with Crippen molar-refractivity contribution in [2.75, 3.05) is 16.2 Å². The van der Waals surface area contributed by atoms with Crippen molar-refractivity contribution < 1.29 is 18.0 Å². The van der Waals surface area contributed by atoms with Crippen LogP contribution in [0.3, 0.4) is 0 Å². The fourth-order valence-corrected chi connectivity index (χ4v) is 5.37. The number of sulfonamides is 1. The summed E-state index contributed by atoms with van der Waals surface area (Å²) >= 11 is 5.89. The number of ketones is 1. The maximum absolute atomic E-state index is 13.2. The summed E-state index contributed by atoms with van der Waals surface area (Å²) in [6, 6.07) is 17.8. The molecule has 3 aromatic carbocycles. The number of benzene rings is 3. The number of hydrogen-bond acceptors (Lipinski definition) is 4. The summed E-state index contributed by atoms with van der Waals surface area (Å²) in [4.78, 5) is 24.5. The van der Waals surface area contributed by atoms with E-state index < -0.39 is 10.0 Å². The Bertz CT molecular complexity index is 1300. The summed E-state index contributed by atoms with van der Waals surface area (Å²) in [5.74, 6) is -0.414. The van der Waals surface area contributed by atoms with Crippen molar-refractivity contribution in [1.82, 2.24) is 0 Å². The molecule has 6 nitrogen and oxygen atoms in total. The molecule has 3 aromatic rings. The van der Waals surface area contributed by atoms with Crippen molar-refractivity contribution >= 4 is 44.7 Å². The van der Waals surface area contributed by atoms with Crippen LogP contribution in [0.5, 0.6) is 0 Å². The quantitative estimate of drug-likeness (QED) is 0.538. The molecule has 32 heavy (non-hydrogen) atoms. The molecule has 0 fully saturated rings. The Hall–Kier alpha value is -3.16. The van der Waals surface area contributed by atoms with Crippen LogP contribution in [0, 0.1) is 0 Å². The van der Waals surface area contributed by atoms with Crippen molar-refractivity contribution in [1.29, 1.82) is 0 Å². The first-order chi connectivity index (χ1) is 15.3. The lowest BCUT2D eigenvalue weighted by Crippen LogP contribution is -2.35. The van der Waals surface area contributed by atoms with Crippen LogP contribution in [0.1, 0.15) is 39.6 Å². The smallest absolute Gasteiger partial charge is 0.264 e. The molecule has 0 aromatic heterocycles. The Morgan fingerprint density at radius 2 is 1.72 bits per heavy atom. The van der Waals surface area contributed by atoms with E-state index in [0.717, 1.165) is 5.56 Å². The second kappa shape index (κ2) is 8.76. The lowest BCUT2D eigenvalue weighted by molar-refractivity contribution is 0.101. The molecule has 0 spiro atoms.